The number of nitrogens with one attached hydrogen (secondary N) is 3. The number of aryl methyl sites for hydroxylation is 1. The molecule has 0 bridgehead atoms. The molecule has 1 aliphatic carbocycles. The molecule has 3 amide bonds. The molecule has 7 nitrogen and oxygen atoms in total. The van der Waals surface area contributed by atoms with Gasteiger partial charge in [-0.05, 0) is 55.7 Å². The van der Waals surface area contributed by atoms with Gasteiger partial charge in [-0.15, -0.1) is 0 Å². The summed E-state index contributed by atoms with van der Waals surface area (Å²) in [5.74, 6) is -0.0174. The van der Waals surface area contributed by atoms with E-state index < -0.39 is 5.54 Å². The molecule has 1 aliphatic heterocycles. The molecule has 0 aromatic heterocycles. The molecule has 1 spiro atoms. The zero-order valence-corrected chi connectivity index (χ0v) is 18.8. The average Bonchev–Trinajstić information content (AvgIpc) is 2.75. The van der Waals surface area contributed by atoms with Crippen LogP contribution in [0.25, 0.3) is 0 Å². The third-order valence-electron chi connectivity index (χ3n) is 6.21. The topological polar surface area (TPSA) is 90.5 Å². The largest absolute Gasteiger partial charge is 0.352 e. The monoisotopic (exact) mass is 428 g/mol. The number of carbonyl (C=O) groups is 3. The van der Waals surface area contributed by atoms with Gasteiger partial charge in [0, 0.05) is 26.1 Å². The summed E-state index contributed by atoms with van der Waals surface area (Å²) in [6, 6.07) is 7.85. The third-order valence-corrected chi connectivity index (χ3v) is 6.21. The first kappa shape index (κ1) is 23.3. The number of amides is 3. The van der Waals surface area contributed by atoms with E-state index in [0.29, 0.717) is 51.4 Å². The maximum absolute atomic E-state index is 13.4. The van der Waals surface area contributed by atoms with Crippen molar-refractivity contribution in [2.45, 2.75) is 57.9 Å². The van der Waals surface area contributed by atoms with Crippen molar-refractivity contribution in [2.24, 2.45) is 5.92 Å². The van der Waals surface area contributed by atoms with E-state index >= 15 is 0 Å². The number of rotatable bonds is 3. The van der Waals surface area contributed by atoms with E-state index in [1.54, 1.807) is 4.90 Å². The van der Waals surface area contributed by atoms with Gasteiger partial charge in [0.25, 0.3) is 0 Å². The van der Waals surface area contributed by atoms with Crippen molar-refractivity contribution in [3.8, 4) is 0 Å². The Morgan fingerprint density at radius 3 is 2.65 bits per heavy atom. The van der Waals surface area contributed by atoms with E-state index in [2.05, 4.69) is 29.8 Å². The molecule has 1 fully saturated rings. The number of hydrogen-bond donors (Lipinski definition) is 3. The minimum Gasteiger partial charge on any atom is -0.352 e. The first-order valence-corrected chi connectivity index (χ1v) is 11.6. The molecule has 1 saturated heterocycles. The molecule has 0 saturated carbocycles. The Hall–Kier alpha value is -2.41. The first-order valence-electron chi connectivity index (χ1n) is 11.6. The minimum absolute atomic E-state index is 0.00259. The molecule has 3 rings (SSSR count). The van der Waals surface area contributed by atoms with E-state index in [1.165, 1.54) is 0 Å². The zero-order chi connectivity index (χ0) is 22.3. The van der Waals surface area contributed by atoms with E-state index in [0.717, 1.165) is 30.4 Å². The summed E-state index contributed by atoms with van der Waals surface area (Å²) >= 11 is 0. The molecule has 2 aliphatic rings. The molecule has 1 unspecified atom stereocenters. The van der Waals surface area contributed by atoms with Crippen LogP contribution in [0.1, 0.15) is 57.1 Å². The summed E-state index contributed by atoms with van der Waals surface area (Å²) in [5.41, 5.74) is 0.867. The Kier molecular flexibility index (Phi) is 8.07. The summed E-state index contributed by atoms with van der Waals surface area (Å²) in [5, 5.41) is 9.38. The summed E-state index contributed by atoms with van der Waals surface area (Å²) in [6.45, 7) is 6.56. The van der Waals surface area contributed by atoms with E-state index in [-0.39, 0.29) is 24.3 Å². The van der Waals surface area contributed by atoms with Gasteiger partial charge in [0.15, 0.2) is 0 Å². The van der Waals surface area contributed by atoms with Crippen molar-refractivity contribution in [3.05, 3.63) is 35.4 Å². The van der Waals surface area contributed by atoms with Crippen LogP contribution in [0, 0.1) is 5.92 Å². The van der Waals surface area contributed by atoms with Gasteiger partial charge in [0.05, 0.1) is 6.54 Å². The number of benzene rings is 1. The second kappa shape index (κ2) is 10.8. The number of nitrogens with zero attached hydrogens (tertiary/aromatic N) is 1. The van der Waals surface area contributed by atoms with Gasteiger partial charge in [-0.1, -0.05) is 38.1 Å². The quantitative estimate of drug-likeness (QED) is 0.684. The van der Waals surface area contributed by atoms with Crippen molar-refractivity contribution in [3.63, 3.8) is 0 Å². The molecule has 1 aromatic rings. The standard InChI is InChI=1S/C24H36N4O3/c1-18(2)11-16-28-17-21(29)27-24(12-5-8-19-7-3-4-9-20(19)24)23(31)26-15-14-25-13-6-10-22(28)30/h3-4,7,9,18,25H,5-6,8,10-17H2,1-2H3,(H,26,31)(H,27,29). The Labute approximate surface area is 185 Å². The van der Waals surface area contributed by atoms with Crippen LogP contribution >= 0.6 is 0 Å². The fourth-order valence-corrected chi connectivity index (χ4v) is 4.48. The highest BCUT2D eigenvalue weighted by Crippen LogP contribution is 2.35. The van der Waals surface area contributed by atoms with Gasteiger partial charge >= 0.3 is 0 Å². The predicted molar refractivity (Wildman–Crippen MR) is 120 cm³/mol. The first-order chi connectivity index (χ1) is 14.9. The highest BCUT2D eigenvalue weighted by Gasteiger charge is 2.44. The lowest BCUT2D eigenvalue weighted by Gasteiger charge is -2.39. The molecule has 0 radical (unpaired) electrons. The molecule has 170 valence electrons. The van der Waals surface area contributed by atoms with Gasteiger partial charge in [-0.3, -0.25) is 14.4 Å². The van der Waals surface area contributed by atoms with Crippen molar-refractivity contribution in [1.29, 1.82) is 0 Å². The molecular weight excluding hydrogens is 392 g/mol. The average molecular weight is 429 g/mol. The van der Waals surface area contributed by atoms with Gasteiger partial charge in [-0.2, -0.15) is 0 Å². The van der Waals surface area contributed by atoms with Crippen LogP contribution in [0.15, 0.2) is 24.3 Å². The Bertz CT molecular complexity index is 795. The van der Waals surface area contributed by atoms with Crippen LogP contribution in [0.3, 0.4) is 0 Å². The smallest absolute Gasteiger partial charge is 0.250 e. The number of hydrogen-bond acceptors (Lipinski definition) is 4. The SMILES string of the molecule is CC(C)CCN1CC(=O)NC2(CCCc3ccccc32)C(=O)NCCNCCCC1=O. The third kappa shape index (κ3) is 5.85. The summed E-state index contributed by atoms with van der Waals surface area (Å²) in [7, 11) is 0. The van der Waals surface area contributed by atoms with Gasteiger partial charge in [0.2, 0.25) is 17.7 Å². The number of carbonyl (C=O) groups excluding carboxylic acids is 3. The molecule has 31 heavy (non-hydrogen) atoms. The molecule has 1 heterocycles. The minimum atomic E-state index is -1.09. The van der Waals surface area contributed by atoms with Crippen LogP contribution in [0.4, 0.5) is 0 Å². The highest BCUT2D eigenvalue weighted by atomic mass is 16.2. The van der Waals surface area contributed by atoms with E-state index in [1.807, 2.05) is 24.3 Å². The second-order valence-corrected chi connectivity index (χ2v) is 9.07. The summed E-state index contributed by atoms with van der Waals surface area (Å²) in [4.78, 5) is 41.0. The lowest BCUT2D eigenvalue weighted by Crippen LogP contribution is -2.60. The lowest BCUT2D eigenvalue weighted by atomic mass is 9.75. The summed E-state index contributed by atoms with van der Waals surface area (Å²) < 4.78 is 0. The molecular formula is C24H36N4O3. The van der Waals surface area contributed by atoms with Crippen LogP contribution < -0.4 is 16.0 Å². The fraction of sp³-hybridized carbons (Fsp3) is 0.625. The predicted octanol–water partition coefficient (Wildman–Crippen LogP) is 1.71. The van der Waals surface area contributed by atoms with E-state index in [9.17, 15) is 14.4 Å². The van der Waals surface area contributed by atoms with Gasteiger partial charge in [-0.25, -0.2) is 0 Å². The molecule has 3 N–H and O–H groups in total. The Morgan fingerprint density at radius 1 is 1.03 bits per heavy atom. The van der Waals surface area contributed by atoms with Gasteiger partial charge < -0.3 is 20.9 Å². The molecule has 1 aromatic carbocycles. The Morgan fingerprint density at radius 2 is 1.84 bits per heavy atom. The molecule has 7 heteroatoms. The van der Waals surface area contributed by atoms with Crippen molar-refractivity contribution < 1.29 is 14.4 Å². The maximum Gasteiger partial charge on any atom is 0.250 e. The van der Waals surface area contributed by atoms with Crippen LogP contribution in [-0.4, -0.2) is 55.3 Å². The second-order valence-electron chi connectivity index (χ2n) is 9.07. The van der Waals surface area contributed by atoms with Crippen LogP contribution in [-0.2, 0) is 26.3 Å². The summed E-state index contributed by atoms with van der Waals surface area (Å²) in [6.07, 6.45) is 4.23. The van der Waals surface area contributed by atoms with Crippen molar-refractivity contribution >= 4 is 17.7 Å². The van der Waals surface area contributed by atoms with E-state index in [4.69, 9.17) is 0 Å². The number of fused-ring (bicyclic) bond motifs is 2. The van der Waals surface area contributed by atoms with Crippen molar-refractivity contribution in [1.82, 2.24) is 20.9 Å². The normalized spacial score (nSPS) is 23.8. The Balaban J connectivity index is 1.89. The molecule has 1 atom stereocenters. The van der Waals surface area contributed by atoms with Crippen molar-refractivity contribution in [2.75, 3.05) is 32.7 Å². The lowest BCUT2D eigenvalue weighted by molar-refractivity contribution is -0.139. The van der Waals surface area contributed by atoms with Crippen LogP contribution in [0.5, 0.6) is 0 Å². The van der Waals surface area contributed by atoms with Gasteiger partial charge in [0.1, 0.15) is 5.54 Å². The fourth-order valence-electron chi connectivity index (χ4n) is 4.48. The highest BCUT2D eigenvalue weighted by molar-refractivity contribution is 5.94. The zero-order valence-electron chi connectivity index (χ0n) is 18.8. The van der Waals surface area contributed by atoms with Crippen LogP contribution in [0.2, 0.25) is 0 Å². The maximum atomic E-state index is 13.4.